The van der Waals surface area contributed by atoms with Crippen molar-refractivity contribution >= 4 is 0 Å². The third-order valence-electron chi connectivity index (χ3n) is 4.10. The Balaban J connectivity index is 1.75. The second kappa shape index (κ2) is 8.56. The third-order valence-corrected chi connectivity index (χ3v) is 4.10. The van der Waals surface area contributed by atoms with Gasteiger partial charge in [-0.3, -0.25) is 0 Å². The molecule has 0 aromatic rings. The van der Waals surface area contributed by atoms with Gasteiger partial charge in [-0.2, -0.15) is 5.26 Å². The van der Waals surface area contributed by atoms with Gasteiger partial charge in [0.05, 0.1) is 11.5 Å². The van der Waals surface area contributed by atoms with Crippen LogP contribution in [0.2, 0.25) is 0 Å². The fourth-order valence-electron chi connectivity index (χ4n) is 2.52. The van der Waals surface area contributed by atoms with Crippen LogP contribution >= 0.6 is 0 Å². The highest BCUT2D eigenvalue weighted by atomic mass is 14.5. The highest BCUT2D eigenvalue weighted by Crippen LogP contribution is 2.49. The lowest BCUT2D eigenvalue weighted by Crippen LogP contribution is -1.95. The number of rotatable bonds is 11. The zero-order valence-corrected chi connectivity index (χ0v) is 11.6. The molecule has 17 heavy (non-hydrogen) atoms. The second-order valence-corrected chi connectivity index (χ2v) is 5.82. The first-order valence-electron chi connectivity index (χ1n) is 7.74. The molecule has 98 valence electrons. The van der Waals surface area contributed by atoms with Crippen LogP contribution in [0.3, 0.4) is 0 Å². The molecule has 1 saturated carbocycles. The molecule has 1 fully saturated rings. The maximum Gasteiger partial charge on any atom is 0.0689 e. The fraction of sp³-hybridized carbons (Fsp3) is 0.938. The van der Waals surface area contributed by atoms with E-state index in [9.17, 15) is 0 Å². The van der Waals surface area contributed by atoms with Crippen LogP contribution in [0, 0.1) is 16.7 Å². The first-order chi connectivity index (χ1) is 8.33. The molecule has 0 atom stereocenters. The summed E-state index contributed by atoms with van der Waals surface area (Å²) in [6.07, 6.45) is 17.4. The lowest BCUT2D eigenvalue weighted by molar-refractivity contribution is 0.508. The van der Waals surface area contributed by atoms with E-state index in [1.165, 1.54) is 83.5 Å². The number of unbranched alkanes of at least 4 members (excludes halogenated alkanes) is 9. The molecular formula is C16H29N. The summed E-state index contributed by atoms with van der Waals surface area (Å²) in [7, 11) is 0. The molecule has 0 heterocycles. The summed E-state index contributed by atoms with van der Waals surface area (Å²) in [6, 6.07) is 2.48. The zero-order chi connectivity index (χ0) is 12.4. The minimum Gasteiger partial charge on any atom is -0.198 e. The van der Waals surface area contributed by atoms with Crippen LogP contribution in [0.1, 0.15) is 90.4 Å². The van der Waals surface area contributed by atoms with E-state index >= 15 is 0 Å². The standard InChI is InChI=1S/C16H29N/c1-2-3-4-5-6-7-8-9-10-11-12-16(15-17)13-14-16/h2-14H2,1H3. The van der Waals surface area contributed by atoms with Gasteiger partial charge in [0.2, 0.25) is 0 Å². The number of hydrogen-bond acceptors (Lipinski definition) is 1. The molecule has 0 bridgehead atoms. The van der Waals surface area contributed by atoms with Gasteiger partial charge in [-0.25, -0.2) is 0 Å². The van der Waals surface area contributed by atoms with E-state index in [1.807, 2.05) is 0 Å². The van der Waals surface area contributed by atoms with Crippen LogP contribution < -0.4 is 0 Å². The maximum absolute atomic E-state index is 8.95. The molecule has 1 nitrogen and oxygen atoms in total. The summed E-state index contributed by atoms with van der Waals surface area (Å²) in [6.45, 7) is 2.27. The Kier molecular flexibility index (Phi) is 7.33. The monoisotopic (exact) mass is 235 g/mol. The number of hydrogen-bond donors (Lipinski definition) is 0. The third kappa shape index (κ3) is 6.71. The van der Waals surface area contributed by atoms with Crippen LogP contribution in [-0.4, -0.2) is 0 Å². The summed E-state index contributed by atoms with van der Waals surface area (Å²) in [4.78, 5) is 0. The molecule has 0 unspecified atom stereocenters. The van der Waals surface area contributed by atoms with Crippen molar-refractivity contribution in [1.82, 2.24) is 0 Å². The van der Waals surface area contributed by atoms with E-state index in [4.69, 9.17) is 5.26 Å². The lowest BCUT2D eigenvalue weighted by Gasteiger charge is -2.05. The summed E-state index contributed by atoms with van der Waals surface area (Å²) in [5, 5.41) is 8.95. The van der Waals surface area contributed by atoms with E-state index < -0.39 is 0 Å². The predicted molar refractivity (Wildman–Crippen MR) is 73.7 cm³/mol. The van der Waals surface area contributed by atoms with Crippen molar-refractivity contribution in [2.75, 3.05) is 0 Å². The summed E-state index contributed by atoms with van der Waals surface area (Å²) in [5.74, 6) is 0. The van der Waals surface area contributed by atoms with Crippen LogP contribution in [0.5, 0.6) is 0 Å². The van der Waals surface area contributed by atoms with E-state index in [0.29, 0.717) is 0 Å². The molecule has 1 rings (SSSR count). The molecule has 0 aromatic heterocycles. The van der Waals surface area contributed by atoms with Gasteiger partial charge in [0.15, 0.2) is 0 Å². The minimum atomic E-state index is 0.139. The van der Waals surface area contributed by atoms with Gasteiger partial charge in [0, 0.05) is 0 Å². The van der Waals surface area contributed by atoms with Crippen molar-refractivity contribution in [2.24, 2.45) is 5.41 Å². The molecule has 0 saturated heterocycles. The predicted octanol–water partition coefficient (Wildman–Crippen LogP) is 5.60. The van der Waals surface area contributed by atoms with E-state index in [-0.39, 0.29) is 5.41 Å². The Labute approximate surface area is 108 Å². The van der Waals surface area contributed by atoms with Crippen molar-refractivity contribution < 1.29 is 0 Å². The molecule has 0 amide bonds. The van der Waals surface area contributed by atoms with Crippen LogP contribution in [0.25, 0.3) is 0 Å². The first-order valence-corrected chi connectivity index (χ1v) is 7.74. The molecule has 0 radical (unpaired) electrons. The average molecular weight is 235 g/mol. The van der Waals surface area contributed by atoms with Gasteiger partial charge >= 0.3 is 0 Å². The molecule has 0 aromatic carbocycles. The Hall–Kier alpha value is -0.510. The van der Waals surface area contributed by atoms with Crippen molar-refractivity contribution in [1.29, 1.82) is 5.26 Å². The molecule has 0 aliphatic heterocycles. The van der Waals surface area contributed by atoms with Gasteiger partial charge in [0.25, 0.3) is 0 Å². The van der Waals surface area contributed by atoms with Gasteiger partial charge < -0.3 is 0 Å². The highest BCUT2D eigenvalue weighted by Gasteiger charge is 2.41. The average Bonchev–Trinajstić information content (AvgIpc) is 3.12. The van der Waals surface area contributed by atoms with Gasteiger partial charge in [0.1, 0.15) is 0 Å². The largest absolute Gasteiger partial charge is 0.198 e. The normalized spacial score (nSPS) is 16.7. The quantitative estimate of drug-likeness (QED) is 0.427. The molecule has 0 N–H and O–H groups in total. The van der Waals surface area contributed by atoms with Crippen LogP contribution in [0.4, 0.5) is 0 Å². The fourth-order valence-corrected chi connectivity index (χ4v) is 2.52. The second-order valence-electron chi connectivity index (χ2n) is 5.82. The van der Waals surface area contributed by atoms with E-state index in [1.54, 1.807) is 0 Å². The van der Waals surface area contributed by atoms with Gasteiger partial charge in [-0.15, -0.1) is 0 Å². The maximum atomic E-state index is 8.95. The first kappa shape index (κ1) is 14.6. The Morgan fingerprint density at radius 1 is 0.824 bits per heavy atom. The summed E-state index contributed by atoms with van der Waals surface area (Å²) in [5.41, 5.74) is 0.139. The van der Waals surface area contributed by atoms with Crippen molar-refractivity contribution in [3.63, 3.8) is 0 Å². The number of nitriles is 1. The molecule has 0 spiro atoms. The molecule has 1 aliphatic rings. The molecule has 1 aliphatic carbocycles. The van der Waals surface area contributed by atoms with Crippen molar-refractivity contribution in [2.45, 2.75) is 90.4 Å². The SMILES string of the molecule is CCCCCCCCCCCCC1(C#N)CC1. The Bertz CT molecular complexity index is 222. The smallest absolute Gasteiger partial charge is 0.0689 e. The number of nitrogens with zero attached hydrogens (tertiary/aromatic N) is 1. The van der Waals surface area contributed by atoms with Crippen LogP contribution in [-0.2, 0) is 0 Å². The summed E-state index contributed by atoms with van der Waals surface area (Å²) >= 11 is 0. The van der Waals surface area contributed by atoms with Crippen LogP contribution in [0.15, 0.2) is 0 Å². The molecule has 1 heteroatoms. The molecular weight excluding hydrogens is 206 g/mol. The van der Waals surface area contributed by atoms with Gasteiger partial charge in [-0.1, -0.05) is 71.1 Å². The highest BCUT2D eigenvalue weighted by molar-refractivity contribution is 5.09. The van der Waals surface area contributed by atoms with E-state index in [0.717, 1.165) is 0 Å². The topological polar surface area (TPSA) is 23.8 Å². The zero-order valence-electron chi connectivity index (χ0n) is 11.6. The van der Waals surface area contributed by atoms with Crippen molar-refractivity contribution in [3.8, 4) is 6.07 Å². The Morgan fingerprint density at radius 2 is 1.29 bits per heavy atom. The van der Waals surface area contributed by atoms with Crippen molar-refractivity contribution in [3.05, 3.63) is 0 Å². The summed E-state index contributed by atoms with van der Waals surface area (Å²) < 4.78 is 0. The van der Waals surface area contributed by atoms with E-state index in [2.05, 4.69) is 13.0 Å². The Morgan fingerprint density at radius 3 is 1.71 bits per heavy atom. The minimum absolute atomic E-state index is 0.139. The lowest BCUT2D eigenvalue weighted by atomic mass is 9.99. The van der Waals surface area contributed by atoms with Gasteiger partial charge in [-0.05, 0) is 19.3 Å².